The molecule has 0 saturated carbocycles. The Morgan fingerprint density at radius 2 is 2.19 bits per heavy atom. The lowest BCUT2D eigenvalue weighted by atomic mass is 10.1. The minimum atomic E-state index is -0.0768. The highest BCUT2D eigenvalue weighted by molar-refractivity contribution is 6.04. The van der Waals surface area contributed by atoms with Crippen LogP contribution in [-0.4, -0.2) is 26.0 Å². The first-order chi connectivity index (χ1) is 7.79. The van der Waals surface area contributed by atoms with Gasteiger partial charge in [0.15, 0.2) is 11.7 Å². The Kier molecular flexibility index (Phi) is 3.10. The van der Waals surface area contributed by atoms with E-state index in [1.807, 2.05) is 0 Å². The summed E-state index contributed by atoms with van der Waals surface area (Å²) in [4.78, 5) is 11.8. The maximum absolute atomic E-state index is 11.8. The molecule has 0 unspecified atom stereocenters. The number of methoxy groups -OCH3 is 1. The standard InChI is InChI=1S/C12H13NO3/c1-15-10-4-2-9(3-5-10)11(14)8-12-13-6-7-16-12/h2-5,8,13H,6-7H2,1H3/b12-8+. The number of carbonyl (C=O) groups is 1. The number of rotatable bonds is 3. The molecule has 1 fully saturated rings. The summed E-state index contributed by atoms with van der Waals surface area (Å²) in [6, 6.07) is 6.98. The third kappa shape index (κ3) is 2.34. The predicted molar refractivity (Wildman–Crippen MR) is 59.4 cm³/mol. The number of carbonyl (C=O) groups excluding carboxylic acids is 1. The molecule has 0 aromatic heterocycles. The van der Waals surface area contributed by atoms with Gasteiger partial charge in [-0.05, 0) is 24.3 Å². The Morgan fingerprint density at radius 3 is 2.75 bits per heavy atom. The third-order valence-corrected chi connectivity index (χ3v) is 2.30. The summed E-state index contributed by atoms with van der Waals surface area (Å²) in [5, 5.41) is 2.97. The fourth-order valence-corrected chi connectivity index (χ4v) is 1.44. The van der Waals surface area contributed by atoms with Gasteiger partial charge in [0, 0.05) is 11.6 Å². The van der Waals surface area contributed by atoms with Gasteiger partial charge in [0.2, 0.25) is 0 Å². The second kappa shape index (κ2) is 4.70. The number of benzene rings is 1. The van der Waals surface area contributed by atoms with Gasteiger partial charge in [0.1, 0.15) is 12.4 Å². The molecule has 4 heteroatoms. The summed E-state index contributed by atoms with van der Waals surface area (Å²) in [7, 11) is 1.59. The number of ketones is 1. The molecule has 0 bridgehead atoms. The van der Waals surface area contributed by atoms with Crippen LogP contribution in [0.1, 0.15) is 10.4 Å². The largest absolute Gasteiger partial charge is 0.497 e. The number of hydrogen-bond acceptors (Lipinski definition) is 4. The van der Waals surface area contributed by atoms with Crippen LogP contribution in [0.2, 0.25) is 0 Å². The minimum absolute atomic E-state index is 0.0768. The lowest BCUT2D eigenvalue weighted by molar-refractivity contribution is 0.104. The van der Waals surface area contributed by atoms with Crippen molar-refractivity contribution in [3.63, 3.8) is 0 Å². The van der Waals surface area contributed by atoms with E-state index in [1.54, 1.807) is 31.4 Å². The van der Waals surface area contributed by atoms with E-state index in [9.17, 15) is 4.79 Å². The highest BCUT2D eigenvalue weighted by Gasteiger charge is 2.09. The van der Waals surface area contributed by atoms with E-state index in [4.69, 9.17) is 9.47 Å². The second-order valence-corrected chi connectivity index (χ2v) is 3.38. The van der Waals surface area contributed by atoms with E-state index < -0.39 is 0 Å². The van der Waals surface area contributed by atoms with Crippen molar-refractivity contribution in [2.75, 3.05) is 20.3 Å². The van der Waals surface area contributed by atoms with Crippen LogP contribution in [0.15, 0.2) is 36.2 Å². The van der Waals surface area contributed by atoms with Crippen LogP contribution in [0.3, 0.4) is 0 Å². The summed E-state index contributed by atoms with van der Waals surface area (Å²) in [6.07, 6.45) is 1.47. The van der Waals surface area contributed by atoms with E-state index >= 15 is 0 Å². The summed E-state index contributed by atoms with van der Waals surface area (Å²) >= 11 is 0. The van der Waals surface area contributed by atoms with Gasteiger partial charge >= 0.3 is 0 Å². The molecule has 0 radical (unpaired) electrons. The zero-order valence-electron chi connectivity index (χ0n) is 9.03. The third-order valence-electron chi connectivity index (χ3n) is 2.30. The lowest BCUT2D eigenvalue weighted by Crippen LogP contribution is -2.07. The Hall–Kier alpha value is -1.97. The van der Waals surface area contributed by atoms with Crippen molar-refractivity contribution in [1.82, 2.24) is 5.32 Å². The van der Waals surface area contributed by atoms with Gasteiger partial charge in [0.25, 0.3) is 0 Å². The van der Waals surface area contributed by atoms with Crippen molar-refractivity contribution >= 4 is 5.78 Å². The SMILES string of the molecule is COc1ccc(C(=O)/C=C2\NCCO2)cc1. The number of nitrogens with one attached hydrogen (secondary N) is 1. The topological polar surface area (TPSA) is 47.6 Å². The zero-order valence-corrected chi connectivity index (χ0v) is 9.03. The molecule has 1 aliphatic rings. The molecule has 1 aromatic rings. The molecule has 1 aromatic carbocycles. The Bertz CT molecular complexity index is 401. The molecule has 0 spiro atoms. The molecule has 1 N–H and O–H groups in total. The van der Waals surface area contributed by atoms with Gasteiger partial charge < -0.3 is 14.8 Å². The first kappa shape index (κ1) is 10.5. The van der Waals surface area contributed by atoms with Crippen molar-refractivity contribution in [2.24, 2.45) is 0 Å². The maximum Gasteiger partial charge on any atom is 0.191 e. The minimum Gasteiger partial charge on any atom is -0.497 e. The van der Waals surface area contributed by atoms with E-state index in [-0.39, 0.29) is 5.78 Å². The molecule has 1 aliphatic heterocycles. The van der Waals surface area contributed by atoms with Crippen LogP contribution in [0.25, 0.3) is 0 Å². The van der Waals surface area contributed by atoms with Gasteiger partial charge in [0.05, 0.1) is 13.7 Å². The summed E-state index contributed by atoms with van der Waals surface area (Å²) < 4.78 is 10.2. The summed E-state index contributed by atoms with van der Waals surface area (Å²) in [6.45, 7) is 1.36. The fourth-order valence-electron chi connectivity index (χ4n) is 1.44. The molecule has 4 nitrogen and oxygen atoms in total. The molecular formula is C12H13NO3. The van der Waals surface area contributed by atoms with Crippen LogP contribution >= 0.6 is 0 Å². The molecule has 0 amide bonds. The molecule has 84 valence electrons. The Balaban J connectivity index is 2.11. The zero-order chi connectivity index (χ0) is 11.4. The van der Waals surface area contributed by atoms with Crippen molar-refractivity contribution < 1.29 is 14.3 Å². The van der Waals surface area contributed by atoms with E-state index in [1.165, 1.54) is 6.08 Å². The van der Waals surface area contributed by atoms with Crippen molar-refractivity contribution in [2.45, 2.75) is 0 Å². The van der Waals surface area contributed by atoms with Gasteiger partial charge in [-0.15, -0.1) is 0 Å². The van der Waals surface area contributed by atoms with E-state index in [0.29, 0.717) is 18.1 Å². The number of ether oxygens (including phenoxy) is 2. The summed E-state index contributed by atoms with van der Waals surface area (Å²) in [5.74, 6) is 1.20. The highest BCUT2D eigenvalue weighted by Crippen LogP contribution is 2.13. The molecule has 16 heavy (non-hydrogen) atoms. The Labute approximate surface area is 93.9 Å². The van der Waals surface area contributed by atoms with Crippen molar-refractivity contribution in [3.05, 3.63) is 41.8 Å². The molecule has 1 saturated heterocycles. The Morgan fingerprint density at radius 1 is 1.44 bits per heavy atom. The quantitative estimate of drug-likeness (QED) is 0.615. The number of allylic oxidation sites excluding steroid dienone is 1. The van der Waals surface area contributed by atoms with Crippen molar-refractivity contribution in [1.29, 1.82) is 0 Å². The number of hydrogen-bond donors (Lipinski definition) is 1. The van der Waals surface area contributed by atoms with Crippen LogP contribution in [0.5, 0.6) is 5.75 Å². The van der Waals surface area contributed by atoms with Gasteiger partial charge in [-0.3, -0.25) is 4.79 Å². The first-order valence-electron chi connectivity index (χ1n) is 5.06. The van der Waals surface area contributed by atoms with Crippen LogP contribution < -0.4 is 10.1 Å². The normalized spacial score (nSPS) is 16.7. The molecule has 0 aliphatic carbocycles. The molecule has 0 atom stereocenters. The van der Waals surface area contributed by atoms with Crippen LogP contribution in [0.4, 0.5) is 0 Å². The van der Waals surface area contributed by atoms with Gasteiger partial charge in [-0.25, -0.2) is 0 Å². The lowest BCUT2D eigenvalue weighted by Gasteiger charge is -2.01. The first-order valence-corrected chi connectivity index (χ1v) is 5.06. The maximum atomic E-state index is 11.8. The van der Waals surface area contributed by atoms with E-state index in [2.05, 4.69) is 5.32 Å². The average molecular weight is 219 g/mol. The molecule has 1 heterocycles. The second-order valence-electron chi connectivity index (χ2n) is 3.38. The molecule has 2 rings (SSSR count). The van der Waals surface area contributed by atoms with Crippen molar-refractivity contribution in [3.8, 4) is 5.75 Å². The van der Waals surface area contributed by atoms with Gasteiger partial charge in [-0.2, -0.15) is 0 Å². The average Bonchev–Trinajstić information content (AvgIpc) is 2.82. The van der Waals surface area contributed by atoms with E-state index in [0.717, 1.165) is 12.3 Å². The summed E-state index contributed by atoms with van der Waals surface area (Å²) in [5.41, 5.74) is 0.616. The van der Waals surface area contributed by atoms with Gasteiger partial charge in [-0.1, -0.05) is 0 Å². The predicted octanol–water partition coefficient (Wildman–Crippen LogP) is 1.34. The smallest absolute Gasteiger partial charge is 0.191 e. The molecular weight excluding hydrogens is 206 g/mol. The van der Waals surface area contributed by atoms with Crippen LogP contribution in [0, 0.1) is 0 Å². The fraction of sp³-hybridized carbons (Fsp3) is 0.250. The van der Waals surface area contributed by atoms with Crippen LogP contribution in [-0.2, 0) is 4.74 Å². The monoisotopic (exact) mass is 219 g/mol. The highest BCUT2D eigenvalue weighted by atomic mass is 16.5.